The summed E-state index contributed by atoms with van der Waals surface area (Å²) >= 11 is 0. The third-order valence-corrected chi connectivity index (χ3v) is 3.60. The van der Waals surface area contributed by atoms with Crippen LogP contribution >= 0.6 is 0 Å². The SMILES string of the molecule is CCC(CC)(CN)C(=O)NCc1cccc(C)n1. The predicted molar refractivity (Wildman–Crippen MR) is 72.9 cm³/mol. The van der Waals surface area contributed by atoms with Gasteiger partial charge in [-0.05, 0) is 31.9 Å². The van der Waals surface area contributed by atoms with Crippen LogP contribution in [0.4, 0.5) is 0 Å². The highest BCUT2D eigenvalue weighted by molar-refractivity contribution is 5.82. The van der Waals surface area contributed by atoms with E-state index < -0.39 is 5.41 Å². The normalized spacial score (nSPS) is 11.3. The van der Waals surface area contributed by atoms with Gasteiger partial charge in [-0.2, -0.15) is 0 Å². The van der Waals surface area contributed by atoms with Crippen LogP contribution in [-0.4, -0.2) is 17.4 Å². The largest absolute Gasteiger partial charge is 0.350 e. The van der Waals surface area contributed by atoms with Crippen LogP contribution in [0.2, 0.25) is 0 Å². The van der Waals surface area contributed by atoms with Gasteiger partial charge in [-0.25, -0.2) is 0 Å². The van der Waals surface area contributed by atoms with E-state index in [0.29, 0.717) is 13.1 Å². The van der Waals surface area contributed by atoms with Crippen molar-refractivity contribution in [2.24, 2.45) is 11.1 Å². The molecule has 0 saturated heterocycles. The first-order valence-electron chi connectivity index (χ1n) is 6.49. The first-order chi connectivity index (χ1) is 8.57. The molecule has 0 aromatic carbocycles. The van der Waals surface area contributed by atoms with Gasteiger partial charge in [-0.1, -0.05) is 19.9 Å². The maximum absolute atomic E-state index is 12.2. The Kier molecular flexibility index (Phi) is 5.28. The van der Waals surface area contributed by atoms with Crippen molar-refractivity contribution in [2.75, 3.05) is 6.54 Å². The Morgan fingerprint density at radius 3 is 2.56 bits per heavy atom. The summed E-state index contributed by atoms with van der Waals surface area (Å²) in [7, 11) is 0. The number of hydrogen-bond donors (Lipinski definition) is 2. The molecular weight excluding hydrogens is 226 g/mol. The highest BCUT2D eigenvalue weighted by Gasteiger charge is 2.32. The Balaban J connectivity index is 2.65. The quantitative estimate of drug-likeness (QED) is 0.807. The van der Waals surface area contributed by atoms with Crippen molar-refractivity contribution >= 4 is 5.91 Å². The summed E-state index contributed by atoms with van der Waals surface area (Å²) in [6.07, 6.45) is 1.51. The van der Waals surface area contributed by atoms with Crippen LogP contribution in [0.5, 0.6) is 0 Å². The number of hydrogen-bond acceptors (Lipinski definition) is 3. The van der Waals surface area contributed by atoms with Crippen LogP contribution in [0.25, 0.3) is 0 Å². The van der Waals surface area contributed by atoms with E-state index in [-0.39, 0.29) is 5.91 Å². The van der Waals surface area contributed by atoms with E-state index in [2.05, 4.69) is 10.3 Å². The van der Waals surface area contributed by atoms with E-state index in [9.17, 15) is 4.79 Å². The molecule has 1 aromatic heterocycles. The molecule has 4 heteroatoms. The van der Waals surface area contributed by atoms with E-state index in [4.69, 9.17) is 5.73 Å². The number of amides is 1. The predicted octanol–water partition coefficient (Wildman–Crippen LogP) is 1.77. The molecule has 0 bridgehead atoms. The first-order valence-corrected chi connectivity index (χ1v) is 6.49. The zero-order valence-electron chi connectivity index (χ0n) is 11.5. The maximum Gasteiger partial charge on any atom is 0.227 e. The molecule has 0 aliphatic carbocycles. The number of nitrogens with zero attached hydrogens (tertiary/aromatic N) is 1. The van der Waals surface area contributed by atoms with Crippen molar-refractivity contribution in [1.82, 2.24) is 10.3 Å². The van der Waals surface area contributed by atoms with Crippen LogP contribution in [0, 0.1) is 12.3 Å². The van der Waals surface area contributed by atoms with Crippen molar-refractivity contribution in [1.29, 1.82) is 0 Å². The minimum atomic E-state index is -0.441. The number of carbonyl (C=O) groups is 1. The van der Waals surface area contributed by atoms with Gasteiger partial charge in [0.2, 0.25) is 5.91 Å². The van der Waals surface area contributed by atoms with Gasteiger partial charge in [0.15, 0.2) is 0 Å². The summed E-state index contributed by atoms with van der Waals surface area (Å²) in [4.78, 5) is 16.6. The van der Waals surface area contributed by atoms with E-state index in [1.807, 2.05) is 39.0 Å². The van der Waals surface area contributed by atoms with Crippen molar-refractivity contribution in [3.63, 3.8) is 0 Å². The number of nitrogens with two attached hydrogens (primary N) is 1. The van der Waals surface area contributed by atoms with Gasteiger partial charge in [0.1, 0.15) is 0 Å². The summed E-state index contributed by atoms with van der Waals surface area (Å²) in [5, 5.41) is 2.94. The lowest BCUT2D eigenvalue weighted by atomic mass is 9.81. The van der Waals surface area contributed by atoms with Crippen molar-refractivity contribution < 1.29 is 4.79 Å². The van der Waals surface area contributed by atoms with Gasteiger partial charge in [-0.3, -0.25) is 9.78 Å². The molecule has 1 aromatic rings. The molecule has 0 fully saturated rings. The minimum absolute atomic E-state index is 0.0262. The van der Waals surface area contributed by atoms with Gasteiger partial charge < -0.3 is 11.1 Å². The summed E-state index contributed by atoms with van der Waals surface area (Å²) in [6.45, 7) is 6.78. The second-order valence-corrected chi connectivity index (χ2v) is 4.64. The van der Waals surface area contributed by atoms with E-state index in [0.717, 1.165) is 24.2 Å². The number of aryl methyl sites for hydroxylation is 1. The molecule has 1 heterocycles. The first kappa shape index (κ1) is 14.6. The molecule has 0 unspecified atom stereocenters. The van der Waals surface area contributed by atoms with Gasteiger partial charge >= 0.3 is 0 Å². The molecule has 4 nitrogen and oxygen atoms in total. The fraction of sp³-hybridized carbons (Fsp3) is 0.571. The lowest BCUT2D eigenvalue weighted by molar-refractivity contribution is -0.131. The summed E-state index contributed by atoms with van der Waals surface area (Å²) < 4.78 is 0. The van der Waals surface area contributed by atoms with Gasteiger partial charge in [0, 0.05) is 12.2 Å². The van der Waals surface area contributed by atoms with Crippen LogP contribution in [0.1, 0.15) is 38.1 Å². The molecule has 0 atom stereocenters. The van der Waals surface area contributed by atoms with Crippen molar-refractivity contribution in [3.8, 4) is 0 Å². The Morgan fingerprint density at radius 2 is 2.06 bits per heavy atom. The fourth-order valence-electron chi connectivity index (χ4n) is 2.01. The number of rotatable bonds is 6. The second-order valence-electron chi connectivity index (χ2n) is 4.64. The van der Waals surface area contributed by atoms with E-state index >= 15 is 0 Å². The third kappa shape index (κ3) is 3.29. The second kappa shape index (κ2) is 6.50. The molecule has 0 spiro atoms. The van der Waals surface area contributed by atoms with E-state index in [1.54, 1.807) is 0 Å². The van der Waals surface area contributed by atoms with Crippen LogP contribution in [0.15, 0.2) is 18.2 Å². The summed E-state index contributed by atoms with van der Waals surface area (Å²) in [5.74, 6) is 0.0262. The van der Waals surface area contributed by atoms with Crippen LogP contribution < -0.4 is 11.1 Å². The number of aromatic nitrogens is 1. The fourth-order valence-corrected chi connectivity index (χ4v) is 2.01. The van der Waals surface area contributed by atoms with Gasteiger partial charge in [0.05, 0.1) is 17.7 Å². The molecule has 0 saturated carbocycles. The highest BCUT2D eigenvalue weighted by atomic mass is 16.2. The van der Waals surface area contributed by atoms with Gasteiger partial charge in [0.25, 0.3) is 0 Å². The molecule has 100 valence electrons. The topological polar surface area (TPSA) is 68.0 Å². The monoisotopic (exact) mass is 249 g/mol. The lowest BCUT2D eigenvalue weighted by Gasteiger charge is -2.28. The number of carbonyl (C=O) groups excluding carboxylic acids is 1. The lowest BCUT2D eigenvalue weighted by Crippen LogP contribution is -2.45. The standard InChI is InChI=1S/C14H23N3O/c1-4-14(5-2,10-15)13(18)16-9-12-8-6-7-11(3)17-12/h6-8H,4-5,9-10,15H2,1-3H3,(H,16,18). The Hall–Kier alpha value is -1.42. The Labute approximate surface area is 109 Å². The average molecular weight is 249 g/mol. The third-order valence-electron chi connectivity index (χ3n) is 3.60. The maximum atomic E-state index is 12.2. The molecule has 18 heavy (non-hydrogen) atoms. The summed E-state index contributed by atoms with van der Waals surface area (Å²) in [5.41, 5.74) is 7.14. The molecule has 1 rings (SSSR count). The van der Waals surface area contributed by atoms with Crippen molar-refractivity contribution in [3.05, 3.63) is 29.6 Å². The molecular formula is C14H23N3O. The van der Waals surface area contributed by atoms with Crippen molar-refractivity contribution in [2.45, 2.75) is 40.2 Å². The zero-order chi connectivity index (χ0) is 13.6. The van der Waals surface area contributed by atoms with Crippen LogP contribution in [-0.2, 0) is 11.3 Å². The highest BCUT2D eigenvalue weighted by Crippen LogP contribution is 2.24. The number of nitrogens with one attached hydrogen (secondary N) is 1. The molecule has 3 N–H and O–H groups in total. The van der Waals surface area contributed by atoms with E-state index in [1.165, 1.54) is 0 Å². The molecule has 0 aliphatic rings. The molecule has 0 radical (unpaired) electrons. The zero-order valence-corrected chi connectivity index (χ0v) is 11.5. The summed E-state index contributed by atoms with van der Waals surface area (Å²) in [6, 6.07) is 5.79. The number of pyridine rings is 1. The van der Waals surface area contributed by atoms with Gasteiger partial charge in [-0.15, -0.1) is 0 Å². The minimum Gasteiger partial charge on any atom is -0.350 e. The smallest absolute Gasteiger partial charge is 0.227 e. The van der Waals surface area contributed by atoms with Crippen LogP contribution in [0.3, 0.4) is 0 Å². The molecule has 0 aliphatic heterocycles. The Morgan fingerprint density at radius 1 is 1.39 bits per heavy atom. The average Bonchev–Trinajstić information content (AvgIpc) is 2.39. The molecule has 1 amide bonds. The Bertz CT molecular complexity index is 392.